The van der Waals surface area contributed by atoms with Gasteiger partial charge in [-0.05, 0) is 17.7 Å². The molecule has 0 saturated heterocycles. The van der Waals surface area contributed by atoms with E-state index in [1.165, 1.54) is 0 Å². The van der Waals surface area contributed by atoms with Gasteiger partial charge in [0.2, 0.25) is 0 Å². The third-order valence-electron chi connectivity index (χ3n) is 2.36. The lowest BCUT2D eigenvalue weighted by atomic mass is 10.1. The van der Waals surface area contributed by atoms with Gasteiger partial charge in [-0.25, -0.2) is 4.98 Å². The summed E-state index contributed by atoms with van der Waals surface area (Å²) in [7, 11) is 1.80. The summed E-state index contributed by atoms with van der Waals surface area (Å²) < 4.78 is 1.72. The van der Waals surface area contributed by atoms with Gasteiger partial charge in [-0.15, -0.1) is 0 Å². The molecule has 0 radical (unpaired) electrons. The smallest absolute Gasteiger partial charge is 0.185 e. The summed E-state index contributed by atoms with van der Waals surface area (Å²) in [5.74, 6) is 0.0438. The topological polar surface area (TPSA) is 34.9 Å². The van der Waals surface area contributed by atoms with Crippen molar-refractivity contribution in [2.45, 2.75) is 6.42 Å². The number of halogens is 1. The number of rotatable bonds is 3. The molecule has 0 aliphatic rings. The maximum Gasteiger partial charge on any atom is 0.185 e. The third kappa shape index (κ3) is 2.31. The number of carbonyl (C=O) groups is 1. The van der Waals surface area contributed by atoms with E-state index < -0.39 is 0 Å². The Morgan fingerprint density at radius 2 is 2.31 bits per heavy atom. The molecule has 1 aromatic heterocycles. The molecule has 0 spiro atoms. The van der Waals surface area contributed by atoms with Crippen molar-refractivity contribution in [3.8, 4) is 0 Å². The Balaban J connectivity index is 2.17. The van der Waals surface area contributed by atoms with Crippen molar-refractivity contribution < 1.29 is 4.79 Å². The first-order chi connectivity index (χ1) is 7.66. The first kappa shape index (κ1) is 10.9. The molecule has 4 heteroatoms. The number of nitrogens with zero attached hydrogens (tertiary/aromatic N) is 2. The summed E-state index contributed by atoms with van der Waals surface area (Å²) in [4.78, 5) is 15.8. The van der Waals surface area contributed by atoms with Crippen LogP contribution in [0, 0.1) is 0 Å². The monoisotopic (exact) mass is 234 g/mol. The minimum Gasteiger partial charge on any atom is -0.331 e. The number of ketones is 1. The van der Waals surface area contributed by atoms with Gasteiger partial charge in [-0.3, -0.25) is 4.79 Å². The van der Waals surface area contributed by atoms with E-state index in [0.29, 0.717) is 17.1 Å². The van der Waals surface area contributed by atoms with E-state index in [1.54, 1.807) is 36.3 Å². The molecular formula is C12H11ClN2O. The molecule has 0 aliphatic heterocycles. The van der Waals surface area contributed by atoms with Gasteiger partial charge in [0.25, 0.3) is 0 Å². The predicted octanol–water partition coefficient (Wildman–Crippen LogP) is 2.50. The first-order valence-corrected chi connectivity index (χ1v) is 5.28. The zero-order valence-electron chi connectivity index (χ0n) is 8.85. The minimum absolute atomic E-state index is 0.0438. The fourth-order valence-electron chi connectivity index (χ4n) is 1.55. The molecule has 3 nitrogen and oxygen atoms in total. The van der Waals surface area contributed by atoms with Crippen molar-refractivity contribution in [3.05, 3.63) is 53.1 Å². The summed E-state index contributed by atoms with van der Waals surface area (Å²) in [5.41, 5.74) is 1.53. The SMILES string of the molecule is Cn1cncc1C(=O)Cc1cccc(Cl)c1. The minimum atomic E-state index is 0.0438. The molecule has 0 fully saturated rings. The van der Waals surface area contributed by atoms with E-state index in [9.17, 15) is 4.79 Å². The lowest BCUT2D eigenvalue weighted by Crippen LogP contribution is -2.08. The van der Waals surface area contributed by atoms with Crippen LogP contribution in [0.1, 0.15) is 16.1 Å². The molecule has 0 atom stereocenters. The van der Waals surface area contributed by atoms with Crippen LogP contribution >= 0.6 is 11.6 Å². The Hall–Kier alpha value is -1.61. The Morgan fingerprint density at radius 1 is 1.50 bits per heavy atom. The lowest BCUT2D eigenvalue weighted by molar-refractivity contribution is 0.0985. The van der Waals surface area contributed by atoms with Crippen LogP contribution in [-0.4, -0.2) is 15.3 Å². The summed E-state index contributed by atoms with van der Waals surface area (Å²) in [6.45, 7) is 0. The van der Waals surface area contributed by atoms with E-state index >= 15 is 0 Å². The predicted molar refractivity (Wildman–Crippen MR) is 62.7 cm³/mol. The second-order valence-corrected chi connectivity index (χ2v) is 4.06. The Labute approximate surface area is 98.7 Å². The number of hydrogen-bond acceptors (Lipinski definition) is 2. The average molecular weight is 235 g/mol. The fourth-order valence-corrected chi connectivity index (χ4v) is 1.76. The van der Waals surface area contributed by atoms with Crippen molar-refractivity contribution in [2.24, 2.45) is 7.05 Å². The van der Waals surface area contributed by atoms with Crippen LogP contribution in [0.4, 0.5) is 0 Å². The molecule has 82 valence electrons. The van der Waals surface area contributed by atoms with E-state index in [1.807, 2.05) is 12.1 Å². The highest BCUT2D eigenvalue weighted by atomic mass is 35.5. The number of imidazole rings is 1. The Morgan fingerprint density at radius 3 is 2.94 bits per heavy atom. The first-order valence-electron chi connectivity index (χ1n) is 4.91. The Bertz CT molecular complexity index is 519. The molecule has 2 aromatic rings. The van der Waals surface area contributed by atoms with E-state index in [-0.39, 0.29) is 5.78 Å². The fraction of sp³-hybridized carbons (Fsp3) is 0.167. The zero-order valence-corrected chi connectivity index (χ0v) is 9.61. The van der Waals surface area contributed by atoms with Gasteiger partial charge < -0.3 is 4.57 Å². The number of aryl methyl sites for hydroxylation is 1. The molecule has 1 heterocycles. The van der Waals surface area contributed by atoms with Crippen LogP contribution < -0.4 is 0 Å². The zero-order chi connectivity index (χ0) is 11.5. The van der Waals surface area contributed by atoms with E-state index in [4.69, 9.17) is 11.6 Å². The second kappa shape index (κ2) is 4.49. The van der Waals surface area contributed by atoms with Crippen LogP contribution in [0.2, 0.25) is 5.02 Å². The molecular weight excluding hydrogens is 224 g/mol. The van der Waals surface area contributed by atoms with Crippen molar-refractivity contribution >= 4 is 17.4 Å². The van der Waals surface area contributed by atoms with Crippen LogP contribution in [-0.2, 0) is 13.5 Å². The summed E-state index contributed by atoms with van der Waals surface area (Å²) in [6, 6.07) is 7.32. The molecule has 0 amide bonds. The average Bonchev–Trinajstić information content (AvgIpc) is 2.64. The molecule has 0 bridgehead atoms. The van der Waals surface area contributed by atoms with Gasteiger partial charge in [-0.1, -0.05) is 23.7 Å². The van der Waals surface area contributed by atoms with Gasteiger partial charge in [0.15, 0.2) is 5.78 Å². The van der Waals surface area contributed by atoms with Crippen molar-refractivity contribution in [3.63, 3.8) is 0 Å². The lowest BCUT2D eigenvalue weighted by Gasteiger charge is -2.02. The molecule has 0 aliphatic carbocycles. The number of carbonyl (C=O) groups excluding carboxylic acids is 1. The van der Waals surface area contributed by atoms with Gasteiger partial charge in [0, 0.05) is 18.5 Å². The highest BCUT2D eigenvalue weighted by molar-refractivity contribution is 6.30. The van der Waals surface area contributed by atoms with Gasteiger partial charge >= 0.3 is 0 Å². The van der Waals surface area contributed by atoms with Crippen molar-refractivity contribution in [1.29, 1.82) is 0 Å². The van der Waals surface area contributed by atoms with Crippen LogP contribution in [0.3, 0.4) is 0 Å². The number of hydrogen-bond donors (Lipinski definition) is 0. The summed E-state index contributed by atoms with van der Waals surface area (Å²) in [5, 5.41) is 0.648. The van der Waals surface area contributed by atoms with Crippen molar-refractivity contribution in [1.82, 2.24) is 9.55 Å². The Kier molecular flexibility index (Phi) is 3.06. The maximum atomic E-state index is 11.9. The molecule has 1 aromatic carbocycles. The highest BCUT2D eigenvalue weighted by Crippen LogP contribution is 2.13. The van der Waals surface area contributed by atoms with Crippen LogP contribution in [0.25, 0.3) is 0 Å². The summed E-state index contributed by atoms with van der Waals surface area (Å²) in [6.07, 6.45) is 3.54. The molecule has 2 rings (SSSR count). The van der Waals surface area contributed by atoms with E-state index in [2.05, 4.69) is 4.98 Å². The van der Waals surface area contributed by atoms with Crippen LogP contribution in [0.15, 0.2) is 36.8 Å². The van der Waals surface area contributed by atoms with Gasteiger partial charge in [0.1, 0.15) is 5.69 Å². The number of aromatic nitrogens is 2. The summed E-state index contributed by atoms with van der Waals surface area (Å²) >= 11 is 5.86. The van der Waals surface area contributed by atoms with Gasteiger partial charge in [0.05, 0.1) is 12.5 Å². The van der Waals surface area contributed by atoms with Crippen molar-refractivity contribution in [2.75, 3.05) is 0 Å². The number of Topliss-reactive ketones (excluding diaryl/α,β-unsaturated/α-hetero) is 1. The second-order valence-electron chi connectivity index (χ2n) is 3.62. The highest BCUT2D eigenvalue weighted by Gasteiger charge is 2.10. The molecule has 0 N–H and O–H groups in total. The largest absolute Gasteiger partial charge is 0.331 e. The standard InChI is InChI=1S/C12H11ClN2O/c1-15-8-14-7-11(15)12(16)6-9-3-2-4-10(13)5-9/h2-5,7-8H,6H2,1H3. The van der Waals surface area contributed by atoms with Crippen LogP contribution in [0.5, 0.6) is 0 Å². The molecule has 0 saturated carbocycles. The molecule has 0 unspecified atom stereocenters. The van der Waals surface area contributed by atoms with Gasteiger partial charge in [-0.2, -0.15) is 0 Å². The normalized spacial score (nSPS) is 10.4. The molecule has 16 heavy (non-hydrogen) atoms. The quantitative estimate of drug-likeness (QED) is 0.765. The number of benzene rings is 1. The third-order valence-corrected chi connectivity index (χ3v) is 2.59. The maximum absolute atomic E-state index is 11.9. The van der Waals surface area contributed by atoms with E-state index in [0.717, 1.165) is 5.56 Å².